The minimum atomic E-state index is -2.00. The van der Waals surface area contributed by atoms with Gasteiger partial charge in [0.2, 0.25) is 5.91 Å². The zero-order chi connectivity index (χ0) is 21.8. The van der Waals surface area contributed by atoms with Crippen LogP contribution >= 0.6 is 11.6 Å². The van der Waals surface area contributed by atoms with Crippen LogP contribution < -0.4 is 9.72 Å². The van der Waals surface area contributed by atoms with Gasteiger partial charge in [-0.1, -0.05) is 11.6 Å². The van der Waals surface area contributed by atoms with Crippen LogP contribution in [-0.4, -0.2) is 61.4 Å². The summed E-state index contributed by atoms with van der Waals surface area (Å²) in [6.07, 6.45) is -0.355. The van der Waals surface area contributed by atoms with E-state index in [4.69, 9.17) is 21.1 Å². The number of carboxylic acid groups (broad SMARTS) is 1. The molecule has 0 spiro atoms. The normalized spacial score (nSPS) is 19.4. The number of amides is 2. The molecule has 0 radical (unpaired) electrons. The van der Waals surface area contributed by atoms with E-state index in [1.54, 1.807) is 20.8 Å². The Morgan fingerprint density at radius 1 is 1.38 bits per heavy atom. The molecule has 1 heterocycles. The number of hydrogen-bond acceptors (Lipinski definition) is 5. The lowest BCUT2D eigenvalue weighted by Gasteiger charge is -2.37. The van der Waals surface area contributed by atoms with E-state index in [0.717, 1.165) is 6.07 Å². The molecule has 11 heteroatoms. The Kier molecular flexibility index (Phi) is 7.47. The van der Waals surface area contributed by atoms with E-state index in [0.29, 0.717) is 6.04 Å². The SMILES string of the molecule is CC(C)(C)OC(=O)N1C[Si@@H](NC(=O)COc2ccc(Cl)c(F)c2)CC[C@@H]1C(=O)O. The lowest BCUT2D eigenvalue weighted by molar-refractivity contribution is -0.143. The molecule has 160 valence electrons. The molecule has 1 aromatic carbocycles. The van der Waals surface area contributed by atoms with Crippen LogP contribution in [0.3, 0.4) is 0 Å². The highest BCUT2D eigenvalue weighted by atomic mass is 35.5. The van der Waals surface area contributed by atoms with E-state index in [2.05, 4.69) is 4.98 Å². The standard InChI is InChI=1S/C18H24ClFN2O6Si/c1-18(2,3)28-17(26)22-10-29(7-6-14(22)16(24)25)21-15(23)9-27-11-4-5-12(19)13(20)8-11/h4-5,8,14,29H,6-7,9-10H2,1-3H3,(H,21,23)(H,24,25)/t14-,29+/m1/s1. The quantitative estimate of drug-likeness (QED) is 0.672. The summed E-state index contributed by atoms with van der Waals surface area (Å²) in [6.45, 7) is 4.74. The third-order valence-electron chi connectivity index (χ3n) is 4.12. The lowest BCUT2D eigenvalue weighted by Crippen LogP contribution is -2.59. The van der Waals surface area contributed by atoms with Gasteiger partial charge in [0.15, 0.2) is 15.6 Å². The number of rotatable bonds is 5. The van der Waals surface area contributed by atoms with Crippen molar-refractivity contribution in [2.75, 3.05) is 12.8 Å². The predicted octanol–water partition coefficient (Wildman–Crippen LogP) is 2.33. The fraction of sp³-hybridized carbons (Fsp3) is 0.500. The van der Waals surface area contributed by atoms with Gasteiger partial charge in [0.05, 0.1) is 5.02 Å². The molecule has 29 heavy (non-hydrogen) atoms. The van der Waals surface area contributed by atoms with Gasteiger partial charge < -0.3 is 19.6 Å². The Bertz CT molecular complexity index is 788. The molecule has 0 unspecified atom stereocenters. The molecule has 0 aliphatic carbocycles. The van der Waals surface area contributed by atoms with Crippen molar-refractivity contribution in [1.82, 2.24) is 9.88 Å². The highest BCUT2D eigenvalue weighted by Gasteiger charge is 2.39. The van der Waals surface area contributed by atoms with Crippen LogP contribution in [0.25, 0.3) is 0 Å². The number of hydrogen-bond donors (Lipinski definition) is 2. The molecule has 2 amide bonds. The van der Waals surface area contributed by atoms with Crippen molar-refractivity contribution in [3.05, 3.63) is 29.0 Å². The van der Waals surface area contributed by atoms with Gasteiger partial charge in [-0.05, 0) is 45.4 Å². The average molecular weight is 447 g/mol. The first-order chi connectivity index (χ1) is 13.5. The summed E-state index contributed by atoms with van der Waals surface area (Å²) in [4.78, 5) is 40.1. The number of benzene rings is 1. The molecule has 1 saturated heterocycles. The highest BCUT2D eigenvalue weighted by Crippen LogP contribution is 2.21. The van der Waals surface area contributed by atoms with Crippen molar-refractivity contribution < 1.29 is 33.4 Å². The van der Waals surface area contributed by atoms with Crippen molar-refractivity contribution >= 4 is 38.5 Å². The zero-order valence-electron chi connectivity index (χ0n) is 16.4. The monoisotopic (exact) mass is 446 g/mol. The zero-order valence-corrected chi connectivity index (χ0v) is 18.3. The average Bonchev–Trinajstić information content (AvgIpc) is 2.61. The van der Waals surface area contributed by atoms with E-state index in [9.17, 15) is 23.9 Å². The molecule has 8 nitrogen and oxygen atoms in total. The number of ether oxygens (including phenoxy) is 2. The second-order valence-corrected chi connectivity index (χ2v) is 10.7. The van der Waals surface area contributed by atoms with Gasteiger partial charge in [0, 0.05) is 12.2 Å². The number of nitrogens with zero attached hydrogens (tertiary/aromatic N) is 1. The van der Waals surface area contributed by atoms with Crippen LogP contribution in [0.2, 0.25) is 11.1 Å². The van der Waals surface area contributed by atoms with Gasteiger partial charge in [-0.25, -0.2) is 14.0 Å². The first-order valence-corrected chi connectivity index (χ1v) is 11.6. The van der Waals surface area contributed by atoms with E-state index < -0.39 is 44.4 Å². The molecule has 2 N–H and O–H groups in total. The van der Waals surface area contributed by atoms with Gasteiger partial charge >= 0.3 is 12.1 Å². The molecular formula is C18H24ClFN2O6Si. The van der Waals surface area contributed by atoms with Crippen molar-refractivity contribution in [1.29, 1.82) is 0 Å². The molecule has 0 bridgehead atoms. The fourth-order valence-corrected chi connectivity index (χ4v) is 5.52. The van der Waals surface area contributed by atoms with Gasteiger partial charge in [-0.15, -0.1) is 0 Å². The van der Waals surface area contributed by atoms with Crippen molar-refractivity contribution in [3.8, 4) is 5.75 Å². The van der Waals surface area contributed by atoms with Crippen LogP contribution in [-0.2, 0) is 14.3 Å². The number of carbonyl (C=O) groups excluding carboxylic acids is 2. The Hall–Kier alpha value is -2.33. The summed E-state index contributed by atoms with van der Waals surface area (Å²) >= 11 is 5.60. The Balaban J connectivity index is 1.94. The number of halogens is 2. The third kappa shape index (κ3) is 6.89. The van der Waals surface area contributed by atoms with Crippen molar-refractivity contribution in [3.63, 3.8) is 0 Å². The number of carboxylic acids is 1. The number of carbonyl (C=O) groups is 3. The summed E-state index contributed by atoms with van der Waals surface area (Å²) in [5, 5.41) is 9.35. The van der Waals surface area contributed by atoms with E-state index in [-0.39, 0.29) is 30.0 Å². The Morgan fingerprint density at radius 2 is 2.07 bits per heavy atom. The molecule has 2 rings (SSSR count). The minimum absolute atomic E-state index is 0.0494. The van der Waals surface area contributed by atoms with Gasteiger partial charge in [-0.2, -0.15) is 0 Å². The van der Waals surface area contributed by atoms with Crippen molar-refractivity contribution in [2.45, 2.75) is 44.9 Å². The van der Waals surface area contributed by atoms with E-state index in [1.807, 2.05) is 0 Å². The summed E-state index contributed by atoms with van der Waals surface area (Å²) in [5.74, 6) is -2.02. The van der Waals surface area contributed by atoms with Crippen LogP contribution in [0.1, 0.15) is 27.2 Å². The highest BCUT2D eigenvalue weighted by molar-refractivity contribution is 6.59. The Morgan fingerprint density at radius 3 is 2.66 bits per heavy atom. The second-order valence-electron chi connectivity index (χ2n) is 7.69. The largest absolute Gasteiger partial charge is 0.484 e. The summed E-state index contributed by atoms with van der Waals surface area (Å²) in [5.41, 5.74) is -0.764. The maximum absolute atomic E-state index is 13.4. The maximum Gasteiger partial charge on any atom is 0.410 e. The topological polar surface area (TPSA) is 105 Å². The maximum atomic E-state index is 13.4. The first-order valence-electron chi connectivity index (χ1n) is 9.06. The van der Waals surface area contributed by atoms with Gasteiger partial charge in [0.1, 0.15) is 23.2 Å². The lowest BCUT2D eigenvalue weighted by atomic mass is 10.2. The Labute approximate surface area is 174 Å². The molecule has 2 atom stereocenters. The molecule has 1 aliphatic rings. The number of nitrogens with one attached hydrogen (secondary N) is 1. The van der Waals surface area contributed by atoms with Crippen LogP contribution in [0.15, 0.2) is 18.2 Å². The van der Waals surface area contributed by atoms with Crippen LogP contribution in [0.4, 0.5) is 9.18 Å². The molecule has 1 aromatic rings. The summed E-state index contributed by atoms with van der Waals surface area (Å²) in [6, 6.07) is 3.37. The van der Waals surface area contributed by atoms with E-state index >= 15 is 0 Å². The first kappa shape index (κ1) is 23.0. The molecule has 0 saturated carbocycles. The molecule has 1 fully saturated rings. The summed E-state index contributed by atoms with van der Waals surface area (Å²) < 4.78 is 24.0. The summed E-state index contributed by atoms with van der Waals surface area (Å²) in [7, 11) is -2.00. The molecule has 0 aromatic heterocycles. The van der Waals surface area contributed by atoms with Crippen molar-refractivity contribution in [2.24, 2.45) is 0 Å². The van der Waals surface area contributed by atoms with Gasteiger partial charge in [-0.3, -0.25) is 9.69 Å². The third-order valence-corrected chi connectivity index (χ3v) is 7.02. The predicted molar refractivity (Wildman–Crippen MR) is 106 cm³/mol. The molecule has 1 aliphatic heterocycles. The number of aliphatic carboxylic acids is 1. The van der Waals surface area contributed by atoms with Gasteiger partial charge in [0.25, 0.3) is 0 Å². The smallest absolute Gasteiger partial charge is 0.410 e. The van der Waals surface area contributed by atoms with Crippen LogP contribution in [0, 0.1) is 5.82 Å². The van der Waals surface area contributed by atoms with E-state index in [1.165, 1.54) is 17.0 Å². The molecular weight excluding hydrogens is 423 g/mol. The van der Waals surface area contributed by atoms with Crippen LogP contribution in [0.5, 0.6) is 5.75 Å². The minimum Gasteiger partial charge on any atom is -0.484 e. The second kappa shape index (κ2) is 9.44. The fourth-order valence-electron chi connectivity index (χ4n) is 2.85.